The van der Waals surface area contributed by atoms with Crippen LogP contribution in [-0.4, -0.2) is 25.1 Å². The number of benzene rings is 6. The van der Waals surface area contributed by atoms with Gasteiger partial charge >= 0.3 is 0 Å². The summed E-state index contributed by atoms with van der Waals surface area (Å²) in [6, 6.07) is 38.3. The smallest absolute Gasteiger partial charge is 0.150 e. The lowest BCUT2D eigenvalue weighted by molar-refractivity contribution is 0.111. The summed E-state index contributed by atoms with van der Waals surface area (Å²) < 4.78 is 0. The molecule has 47 heavy (non-hydrogen) atoms. The van der Waals surface area contributed by atoms with Crippen LogP contribution in [0.5, 0.6) is 0 Å². The second-order valence-corrected chi connectivity index (χ2v) is 11.3. The summed E-state index contributed by atoms with van der Waals surface area (Å²) in [5, 5.41) is 10.3. The molecule has 0 spiro atoms. The van der Waals surface area contributed by atoms with Crippen molar-refractivity contribution in [3.05, 3.63) is 154 Å². The number of hydrogen-bond donors (Lipinski definition) is 0. The number of rotatable bonds is 9. The molecule has 0 fully saturated rings. The Morgan fingerprint density at radius 3 is 1.21 bits per heavy atom. The molecule has 6 heteroatoms. The highest BCUT2D eigenvalue weighted by atomic mass is 35.5. The van der Waals surface area contributed by atoms with Crippen molar-refractivity contribution in [2.24, 2.45) is 0 Å². The fourth-order valence-corrected chi connectivity index (χ4v) is 5.96. The summed E-state index contributed by atoms with van der Waals surface area (Å²) in [6.45, 7) is 0. The van der Waals surface area contributed by atoms with Crippen molar-refractivity contribution in [2.75, 3.05) is 0 Å². The maximum Gasteiger partial charge on any atom is 0.150 e. The molecule has 0 bridgehead atoms. The Balaban J connectivity index is 1.86. The number of nitriles is 1. The molecule has 0 aromatic heterocycles. The van der Waals surface area contributed by atoms with E-state index >= 15 is 0 Å². The lowest BCUT2D eigenvalue weighted by Gasteiger charge is -2.25. The van der Waals surface area contributed by atoms with Gasteiger partial charge in [0.25, 0.3) is 0 Å². The van der Waals surface area contributed by atoms with E-state index < -0.39 is 0 Å². The zero-order chi connectivity index (χ0) is 32.9. The van der Waals surface area contributed by atoms with Crippen molar-refractivity contribution < 1.29 is 19.2 Å². The first-order valence-corrected chi connectivity index (χ1v) is 15.0. The van der Waals surface area contributed by atoms with Gasteiger partial charge in [0, 0.05) is 32.8 Å². The maximum atomic E-state index is 11.7. The second-order valence-electron chi connectivity index (χ2n) is 10.9. The quantitative estimate of drug-likeness (QED) is 0.148. The second kappa shape index (κ2) is 13.4. The van der Waals surface area contributed by atoms with Gasteiger partial charge < -0.3 is 0 Å². The molecule has 0 unspecified atom stereocenters. The number of carbonyl (C=O) groups excluding carboxylic acids is 4. The molecule has 6 rings (SSSR count). The lowest BCUT2D eigenvalue weighted by Crippen LogP contribution is -1.99. The van der Waals surface area contributed by atoms with Gasteiger partial charge in [-0.15, -0.1) is 0 Å². The summed E-state index contributed by atoms with van der Waals surface area (Å²) in [5.74, 6) is 0. The number of hydrogen-bond acceptors (Lipinski definition) is 5. The average Bonchev–Trinajstić information content (AvgIpc) is 3.14. The Kier molecular flexibility index (Phi) is 8.79. The predicted molar refractivity (Wildman–Crippen MR) is 185 cm³/mol. The summed E-state index contributed by atoms with van der Waals surface area (Å²) >= 11 is 6.89. The summed E-state index contributed by atoms with van der Waals surface area (Å²) in [6.07, 6.45) is 3.14. The van der Waals surface area contributed by atoms with E-state index in [0.29, 0.717) is 38.4 Å². The van der Waals surface area contributed by atoms with Crippen molar-refractivity contribution >= 4 is 36.7 Å². The Morgan fingerprint density at radius 2 is 0.809 bits per heavy atom. The number of nitrogens with zero attached hydrogens (tertiary/aromatic N) is 1. The van der Waals surface area contributed by atoms with Gasteiger partial charge in [-0.1, -0.05) is 109 Å². The lowest BCUT2D eigenvalue weighted by atomic mass is 9.78. The Hall–Kier alpha value is -6.22. The molecule has 0 saturated heterocycles. The molecule has 0 atom stereocenters. The van der Waals surface area contributed by atoms with Crippen LogP contribution in [0.1, 0.15) is 47.0 Å². The molecule has 0 saturated carbocycles. The third-order valence-corrected chi connectivity index (χ3v) is 8.41. The minimum Gasteiger partial charge on any atom is -0.298 e. The van der Waals surface area contributed by atoms with Crippen LogP contribution in [0.25, 0.3) is 55.6 Å². The first-order chi connectivity index (χ1) is 23.0. The molecule has 0 N–H and O–H groups in total. The van der Waals surface area contributed by atoms with Crippen molar-refractivity contribution in [1.29, 1.82) is 5.26 Å². The van der Waals surface area contributed by atoms with E-state index in [0.717, 1.165) is 75.2 Å². The molecule has 6 aromatic carbocycles. The van der Waals surface area contributed by atoms with Crippen molar-refractivity contribution in [3.8, 4) is 61.7 Å². The standard InChI is InChI=1S/C41H24ClNO4/c42-38-18-9-30(21-43)19-36(38)37-20-35(31-10-1-26(22-44)2-11-31)39(32-12-3-27(23-45)4-13-32)41(34-16-7-29(25-47)8-17-34)40(37)33-14-5-28(24-46)6-15-33/h1-20,22-25H. The molecule has 0 aliphatic carbocycles. The first kappa shape index (κ1) is 30.8. The van der Waals surface area contributed by atoms with Crippen molar-refractivity contribution in [1.82, 2.24) is 0 Å². The summed E-state index contributed by atoms with van der Waals surface area (Å²) in [7, 11) is 0. The molecular formula is C41H24ClNO4. The van der Waals surface area contributed by atoms with Crippen LogP contribution in [-0.2, 0) is 0 Å². The fraction of sp³-hybridized carbons (Fsp3) is 0. The third-order valence-electron chi connectivity index (χ3n) is 8.08. The Labute approximate surface area is 276 Å². The van der Waals surface area contributed by atoms with E-state index in [2.05, 4.69) is 6.07 Å². The maximum absolute atomic E-state index is 11.7. The number of carbonyl (C=O) groups is 4. The minimum atomic E-state index is 0.425. The highest BCUT2D eigenvalue weighted by Gasteiger charge is 2.25. The van der Waals surface area contributed by atoms with Gasteiger partial charge in [0.1, 0.15) is 25.1 Å². The van der Waals surface area contributed by atoms with Gasteiger partial charge in [-0.3, -0.25) is 19.2 Å². The first-order valence-electron chi connectivity index (χ1n) is 14.6. The van der Waals surface area contributed by atoms with E-state index in [4.69, 9.17) is 11.6 Å². The SMILES string of the molecule is N#Cc1ccc(Cl)c(-c2cc(-c3ccc(C=O)cc3)c(-c3ccc(C=O)cc3)c(-c3ccc(C=O)cc3)c2-c2ccc(C=O)cc2)c1. The highest BCUT2D eigenvalue weighted by Crippen LogP contribution is 2.51. The molecule has 0 aliphatic rings. The van der Waals surface area contributed by atoms with E-state index in [-0.39, 0.29) is 0 Å². The van der Waals surface area contributed by atoms with Gasteiger partial charge in [0.2, 0.25) is 0 Å². The van der Waals surface area contributed by atoms with Gasteiger partial charge in [-0.25, -0.2) is 0 Å². The molecule has 0 aliphatic heterocycles. The minimum absolute atomic E-state index is 0.425. The third kappa shape index (κ3) is 6.06. The van der Waals surface area contributed by atoms with E-state index in [1.165, 1.54) is 0 Å². The molecule has 0 radical (unpaired) electrons. The van der Waals surface area contributed by atoms with E-state index in [1.54, 1.807) is 66.7 Å². The van der Waals surface area contributed by atoms with Crippen LogP contribution in [0.3, 0.4) is 0 Å². The van der Waals surface area contributed by atoms with Crippen LogP contribution in [0, 0.1) is 11.3 Å². The number of halogens is 1. The summed E-state index contributed by atoms with van der Waals surface area (Å²) in [4.78, 5) is 46.5. The largest absolute Gasteiger partial charge is 0.298 e. The van der Waals surface area contributed by atoms with Crippen LogP contribution in [0.4, 0.5) is 0 Å². The van der Waals surface area contributed by atoms with Gasteiger partial charge in [-0.05, 0) is 74.3 Å². The van der Waals surface area contributed by atoms with Crippen molar-refractivity contribution in [2.45, 2.75) is 0 Å². The van der Waals surface area contributed by atoms with Crippen molar-refractivity contribution in [3.63, 3.8) is 0 Å². The van der Waals surface area contributed by atoms with E-state index in [1.807, 2.05) is 54.6 Å². The van der Waals surface area contributed by atoms with Gasteiger partial charge in [-0.2, -0.15) is 5.26 Å². The average molecular weight is 630 g/mol. The van der Waals surface area contributed by atoms with Crippen LogP contribution >= 0.6 is 11.6 Å². The van der Waals surface area contributed by atoms with Crippen LogP contribution in [0.2, 0.25) is 5.02 Å². The predicted octanol–water partition coefficient (Wildman–Crippen LogP) is 9.80. The van der Waals surface area contributed by atoms with Crippen LogP contribution < -0.4 is 0 Å². The van der Waals surface area contributed by atoms with E-state index in [9.17, 15) is 24.4 Å². The molecule has 5 nitrogen and oxygen atoms in total. The summed E-state index contributed by atoms with van der Waals surface area (Å²) in [5.41, 5.74) is 10.2. The van der Waals surface area contributed by atoms with Crippen LogP contribution in [0.15, 0.2) is 121 Å². The Morgan fingerprint density at radius 1 is 0.426 bits per heavy atom. The zero-order valence-corrected chi connectivity index (χ0v) is 25.6. The monoisotopic (exact) mass is 629 g/mol. The molecule has 224 valence electrons. The number of aldehydes is 4. The fourth-order valence-electron chi connectivity index (χ4n) is 5.74. The molecule has 0 amide bonds. The molecule has 6 aromatic rings. The normalized spacial score (nSPS) is 10.6. The molecular weight excluding hydrogens is 606 g/mol. The van der Waals surface area contributed by atoms with Gasteiger partial charge in [0.15, 0.2) is 0 Å². The highest BCUT2D eigenvalue weighted by molar-refractivity contribution is 6.33. The zero-order valence-electron chi connectivity index (χ0n) is 24.8. The Bertz CT molecular complexity index is 2190. The van der Waals surface area contributed by atoms with Gasteiger partial charge in [0.05, 0.1) is 11.6 Å². The topological polar surface area (TPSA) is 92.1 Å². The molecule has 0 heterocycles.